The molecule has 0 spiro atoms. The van der Waals surface area contributed by atoms with Gasteiger partial charge in [0.05, 0.1) is 11.5 Å². The van der Waals surface area contributed by atoms with Crippen LogP contribution in [-0.4, -0.2) is 35.1 Å². The summed E-state index contributed by atoms with van der Waals surface area (Å²) in [5, 5.41) is 22.0. The summed E-state index contributed by atoms with van der Waals surface area (Å²) >= 11 is 0. The number of carbonyl (C=O) groups is 2. The van der Waals surface area contributed by atoms with E-state index >= 15 is 0 Å². The van der Waals surface area contributed by atoms with E-state index in [1.165, 1.54) is 6.07 Å². The summed E-state index contributed by atoms with van der Waals surface area (Å²) in [5.74, 6) is -2.19. The number of nitrogens with two attached hydrogens (primary N) is 1. The average molecular weight is 340 g/mol. The Morgan fingerprint density at radius 3 is 2.60 bits per heavy atom. The molecule has 0 aliphatic carbocycles. The second kappa shape index (κ2) is 6.96. The van der Waals surface area contributed by atoms with Crippen molar-refractivity contribution in [1.29, 1.82) is 0 Å². The quantitative estimate of drug-likeness (QED) is 0.602. The molecule has 2 aromatic carbocycles. The zero-order valence-electron chi connectivity index (χ0n) is 13.3. The Kier molecular flexibility index (Phi) is 4.73. The van der Waals surface area contributed by atoms with Crippen molar-refractivity contribution in [3.63, 3.8) is 0 Å². The van der Waals surface area contributed by atoms with Crippen LogP contribution in [0.25, 0.3) is 0 Å². The van der Waals surface area contributed by atoms with E-state index in [9.17, 15) is 19.7 Å². The van der Waals surface area contributed by atoms with Gasteiger partial charge in [-0.05, 0) is 23.6 Å². The minimum atomic E-state index is -1.36. The molecule has 0 bridgehead atoms. The van der Waals surface area contributed by atoms with E-state index in [2.05, 4.69) is 5.32 Å². The van der Waals surface area contributed by atoms with Crippen molar-refractivity contribution in [3.8, 4) is 5.75 Å². The third kappa shape index (κ3) is 3.49. The van der Waals surface area contributed by atoms with E-state index in [4.69, 9.17) is 10.4 Å². The van der Waals surface area contributed by atoms with Crippen LogP contribution in [0.2, 0.25) is 0 Å². The van der Waals surface area contributed by atoms with Crippen LogP contribution in [0.4, 0.5) is 0 Å². The number of rotatable bonds is 4. The maximum atomic E-state index is 12.3. The molecular formula is C17H17BN2O5. The molecule has 0 aromatic heterocycles. The highest BCUT2D eigenvalue weighted by Crippen LogP contribution is 2.30. The smallest absolute Gasteiger partial charge is 0.534 e. The third-order valence-electron chi connectivity index (χ3n) is 4.12. The summed E-state index contributed by atoms with van der Waals surface area (Å²) in [4.78, 5) is 23.6. The SMILES string of the molecule is NC(C(=O)N[C@H]1Cc2cccc(C(=O)O)c2OB1O)c1ccccc1. The maximum Gasteiger partial charge on any atom is 0.547 e. The van der Waals surface area contributed by atoms with E-state index < -0.39 is 31.0 Å². The number of nitrogens with one attached hydrogen (secondary N) is 1. The van der Waals surface area contributed by atoms with Crippen LogP contribution in [0.5, 0.6) is 5.75 Å². The lowest BCUT2D eigenvalue weighted by molar-refractivity contribution is -0.122. The highest BCUT2D eigenvalue weighted by atomic mass is 16.5. The van der Waals surface area contributed by atoms with Gasteiger partial charge in [-0.1, -0.05) is 42.5 Å². The molecule has 0 saturated heterocycles. The fourth-order valence-corrected chi connectivity index (χ4v) is 2.80. The number of para-hydroxylation sites is 1. The van der Waals surface area contributed by atoms with Crippen molar-refractivity contribution in [2.45, 2.75) is 18.4 Å². The minimum Gasteiger partial charge on any atom is -0.534 e. The number of amides is 1. The van der Waals surface area contributed by atoms with Crippen molar-refractivity contribution < 1.29 is 24.4 Å². The van der Waals surface area contributed by atoms with Crippen LogP contribution in [0, 0.1) is 0 Å². The van der Waals surface area contributed by atoms with Gasteiger partial charge in [-0.3, -0.25) is 4.79 Å². The normalized spacial score (nSPS) is 17.2. The predicted octanol–water partition coefficient (Wildman–Crippen LogP) is 0.524. The molecule has 2 atom stereocenters. The minimum absolute atomic E-state index is 0.0256. The van der Waals surface area contributed by atoms with Crippen LogP contribution in [-0.2, 0) is 11.2 Å². The van der Waals surface area contributed by atoms with Crippen LogP contribution in [0.15, 0.2) is 48.5 Å². The molecule has 1 aliphatic heterocycles. The molecule has 1 heterocycles. The lowest BCUT2D eigenvalue weighted by atomic mass is 9.72. The van der Waals surface area contributed by atoms with Crippen molar-refractivity contribution in [1.82, 2.24) is 5.32 Å². The Hall–Kier alpha value is -2.84. The number of carbonyl (C=O) groups excluding carboxylic acids is 1. The summed E-state index contributed by atoms with van der Waals surface area (Å²) in [6.45, 7) is 0. The fraction of sp³-hybridized carbons (Fsp3) is 0.176. The standard InChI is InChI=1S/C17H17BN2O5/c19-14(10-5-2-1-3-6-10)16(21)20-13-9-11-7-4-8-12(17(22)23)15(11)25-18(13)24/h1-8,13-14,24H,9,19H2,(H,20,21)(H,22,23)/t13-,14?/m0/s1. The summed E-state index contributed by atoms with van der Waals surface area (Å²) in [6.07, 6.45) is 0.241. The Morgan fingerprint density at radius 2 is 1.92 bits per heavy atom. The van der Waals surface area contributed by atoms with E-state index in [1.54, 1.807) is 36.4 Å². The van der Waals surface area contributed by atoms with Crippen LogP contribution >= 0.6 is 0 Å². The molecule has 1 amide bonds. The zero-order chi connectivity index (χ0) is 18.0. The molecule has 0 saturated carbocycles. The molecule has 2 aromatic rings. The largest absolute Gasteiger partial charge is 0.547 e. The molecule has 0 radical (unpaired) electrons. The zero-order valence-corrected chi connectivity index (χ0v) is 13.3. The number of benzene rings is 2. The highest BCUT2D eigenvalue weighted by Gasteiger charge is 2.38. The molecule has 1 aliphatic rings. The second-order valence-electron chi connectivity index (χ2n) is 5.81. The fourth-order valence-electron chi connectivity index (χ4n) is 2.80. The first-order valence-corrected chi connectivity index (χ1v) is 7.78. The number of hydrogen-bond acceptors (Lipinski definition) is 5. The van der Waals surface area contributed by atoms with Gasteiger partial charge in [0.15, 0.2) is 0 Å². The lowest BCUT2D eigenvalue weighted by Crippen LogP contribution is -2.54. The summed E-state index contributed by atoms with van der Waals surface area (Å²) in [7, 11) is -1.36. The molecule has 128 valence electrons. The monoisotopic (exact) mass is 340 g/mol. The Balaban J connectivity index is 1.75. The van der Waals surface area contributed by atoms with E-state index in [-0.39, 0.29) is 17.7 Å². The number of aromatic carboxylic acids is 1. The van der Waals surface area contributed by atoms with Gasteiger partial charge in [0, 0.05) is 0 Å². The summed E-state index contributed by atoms with van der Waals surface area (Å²) in [5.41, 5.74) is 7.18. The molecule has 0 fully saturated rings. The van der Waals surface area contributed by atoms with E-state index in [1.807, 2.05) is 6.07 Å². The van der Waals surface area contributed by atoms with Gasteiger partial charge >= 0.3 is 13.1 Å². The first-order chi connectivity index (χ1) is 12.0. The summed E-state index contributed by atoms with van der Waals surface area (Å²) < 4.78 is 5.34. The molecule has 1 unspecified atom stereocenters. The van der Waals surface area contributed by atoms with Gasteiger partial charge in [0.2, 0.25) is 5.91 Å². The van der Waals surface area contributed by atoms with Gasteiger partial charge in [-0.2, -0.15) is 0 Å². The molecule has 5 N–H and O–H groups in total. The van der Waals surface area contributed by atoms with Gasteiger partial charge < -0.3 is 25.8 Å². The van der Waals surface area contributed by atoms with Crippen LogP contribution in [0.3, 0.4) is 0 Å². The van der Waals surface area contributed by atoms with Crippen LogP contribution < -0.4 is 15.7 Å². The van der Waals surface area contributed by atoms with Gasteiger partial charge in [-0.15, -0.1) is 0 Å². The first kappa shape index (κ1) is 17.0. The molecule has 8 heteroatoms. The van der Waals surface area contributed by atoms with Crippen molar-refractivity contribution in [2.75, 3.05) is 0 Å². The van der Waals surface area contributed by atoms with E-state index in [0.29, 0.717) is 11.1 Å². The van der Waals surface area contributed by atoms with Crippen molar-refractivity contribution in [3.05, 3.63) is 65.2 Å². The number of carboxylic acids is 1. The molecule has 7 nitrogen and oxygen atoms in total. The Morgan fingerprint density at radius 1 is 1.20 bits per heavy atom. The van der Waals surface area contributed by atoms with Crippen molar-refractivity contribution in [2.24, 2.45) is 5.73 Å². The molecular weight excluding hydrogens is 323 g/mol. The molecule has 3 rings (SSSR count). The predicted molar refractivity (Wildman–Crippen MR) is 91.0 cm³/mol. The van der Waals surface area contributed by atoms with Gasteiger partial charge in [0.25, 0.3) is 0 Å². The number of fused-ring (bicyclic) bond motifs is 1. The van der Waals surface area contributed by atoms with E-state index in [0.717, 1.165) is 0 Å². The first-order valence-electron chi connectivity index (χ1n) is 7.78. The number of carboxylic acid groups (broad SMARTS) is 1. The van der Waals surface area contributed by atoms with Crippen molar-refractivity contribution >= 4 is 19.0 Å². The Labute approximate surface area is 144 Å². The van der Waals surface area contributed by atoms with Gasteiger partial charge in [-0.25, -0.2) is 4.79 Å². The summed E-state index contributed by atoms with van der Waals surface area (Å²) in [6, 6.07) is 12.7. The van der Waals surface area contributed by atoms with Crippen LogP contribution in [0.1, 0.15) is 27.5 Å². The molecule has 25 heavy (non-hydrogen) atoms. The second-order valence-corrected chi connectivity index (χ2v) is 5.81. The lowest BCUT2D eigenvalue weighted by Gasteiger charge is -2.29. The Bertz CT molecular complexity index is 799. The third-order valence-corrected chi connectivity index (χ3v) is 4.12. The average Bonchev–Trinajstić information content (AvgIpc) is 2.61. The van der Waals surface area contributed by atoms with Gasteiger partial charge in [0.1, 0.15) is 11.8 Å². The topological polar surface area (TPSA) is 122 Å². The number of hydrogen-bond donors (Lipinski definition) is 4. The maximum absolute atomic E-state index is 12.3. The highest BCUT2D eigenvalue weighted by molar-refractivity contribution is 6.47.